The molecule has 1 aliphatic rings. The van der Waals surface area contributed by atoms with E-state index in [9.17, 15) is 14.7 Å². The van der Waals surface area contributed by atoms with Gasteiger partial charge in [-0.15, -0.1) is 0 Å². The molecular formula is C9H16N2O3. The van der Waals surface area contributed by atoms with E-state index in [2.05, 4.69) is 0 Å². The minimum atomic E-state index is -0.509. The largest absolute Gasteiger partial charge is 0.391 e. The molecule has 1 heterocycles. The summed E-state index contributed by atoms with van der Waals surface area (Å²) in [6, 6.07) is 0. The normalized spacial score (nSPS) is 24.0. The number of β-amino-alcohol motifs (C(OH)–C–C–N with tert-alkyl or cyclic N) is 1. The van der Waals surface area contributed by atoms with E-state index in [0.29, 0.717) is 19.5 Å². The summed E-state index contributed by atoms with van der Waals surface area (Å²) < 4.78 is 0. The summed E-state index contributed by atoms with van der Waals surface area (Å²) in [5.74, 6) is -0.917. The van der Waals surface area contributed by atoms with Crippen LogP contribution >= 0.6 is 0 Å². The highest BCUT2D eigenvalue weighted by Gasteiger charge is 2.33. The van der Waals surface area contributed by atoms with Crippen molar-refractivity contribution in [1.29, 1.82) is 0 Å². The third-order valence-corrected chi connectivity index (χ3v) is 2.52. The van der Waals surface area contributed by atoms with Gasteiger partial charge in [-0.2, -0.15) is 0 Å². The number of aliphatic hydroxyl groups is 1. The summed E-state index contributed by atoms with van der Waals surface area (Å²) in [6.45, 7) is 2.50. The number of nitrogens with zero attached hydrogens (tertiary/aromatic N) is 1. The molecule has 0 radical (unpaired) electrons. The van der Waals surface area contributed by atoms with E-state index >= 15 is 0 Å². The quantitative estimate of drug-likeness (QED) is 0.616. The number of hydrogen-bond acceptors (Lipinski definition) is 3. The summed E-state index contributed by atoms with van der Waals surface area (Å²) >= 11 is 0. The fraction of sp³-hybridized carbons (Fsp3) is 0.778. The average Bonchev–Trinajstić information content (AvgIpc) is 2.48. The number of hydrogen-bond donors (Lipinski definition) is 2. The molecule has 1 fully saturated rings. The lowest BCUT2D eigenvalue weighted by Crippen LogP contribution is -2.34. The lowest BCUT2D eigenvalue weighted by Gasteiger charge is -2.19. The summed E-state index contributed by atoms with van der Waals surface area (Å²) in [6.07, 6.45) is 0.280. The van der Waals surface area contributed by atoms with Crippen molar-refractivity contribution in [1.82, 2.24) is 4.90 Å². The number of nitrogens with two attached hydrogens (primary N) is 1. The van der Waals surface area contributed by atoms with Crippen LogP contribution in [-0.4, -0.2) is 41.0 Å². The van der Waals surface area contributed by atoms with Crippen LogP contribution in [0, 0.1) is 5.92 Å². The van der Waals surface area contributed by atoms with Crippen molar-refractivity contribution in [3.05, 3.63) is 0 Å². The molecule has 1 saturated heterocycles. The van der Waals surface area contributed by atoms with Gasteiger partial charge in [-0.05, 0) is 6.42 Å². The van der Waals surface area contributed by atoms with Crippen LogP contribution in [0.25, 0.3) is 0 Å². The Bertz CT molecular complexity index is 242. The maximum Gasteiger partial charge on any atom is 0.223 e. The molecular weight excluding hydrogens is 184 g/mol. The smallest absolute Gasteiger partial charge is 0.223 e. The zero-order chi connectivity index (χ0) is 10.7. The molecule has 0 aliphatic carbocycles. The number of carbonyl (C=O) groups excluding carboxylic acids is 2. The second-order valence-corrected chi connectivity index (χ2v) is 3.66. The van der Waals surface area contributed by atoms with Crippen molar-refractivity contribution < 1.29 is 14.7 Å². The van der Waals surface area contributed by atoms with Gasteiger partial charge in [0.1, 0.15) is 0 Å². The number of carbonyl (C=O) groups is 2. The Labute approximate surface area is 82.9 Å². The van der Waals surface area contributed by atoms with Crippen LogP contribution in [0.4, 0.5) is 0 Å². The van der Waals surface area contributed by atoms with Crippen molar-refractivity contribution >= 4 is 11.8 Å². The van der Waals surface area contributed by atoms with Crippen LogP contribution in [0.3, 0.4) is 0 Å². The SMILES string of the molecule is CCC(O)CN1CC(C(N)=O)CC1=O. The van der Waals surface area contributed by atoms with E-state index in [4.69, 9.17) is 5.73 Å². The molecule has 5 nitrogen and oxygen atoms in total. The molecule has 0 spiro atoms. The Morgan fingerprint density at radius 3 is 2.86 bits per heavy atom. The molecule has 0 saturated carbocycles. The Morgan fingerprint density at radius 2 is 2.43 bits per heavy atom. The molecule has 2 amide bonds. The number of amides is 2. The van der Waals surface area contributed by atoms with Gasteiger partial charge in [0.15, 0.2) is 0 Å². The maximum absolute atomic E-state index is 11.3. The highest BCUT2D eigenvalue weighted by Crippen LogP contribution is 2.17. The van der Waals surface area contributed by atoms with Crippen LogP contribution in [0.5, 0.6) is 0 Å². The lowest BCUT2D eigenvalue weighted by molar-refractivity contribution is -0.129. The van der Waals surface area contributed by atoms with Gasteiger partial charge in [0.05, 0.1) is 12.0 Å². The molecule has 1 rings (SSSR count). The molecule has 2 atom stereocenters. The zero-order valence-electron chi connectivity index (χ0n) is 8.27. The Kier molecular flexibility index (Phi) is 3.46. The Morgan fingerprint density at radius 1 is 1.79 bits per heavy atom. The molecule has 0 aromatic carbocycles. The standard InChI is InChI=1S/C9H16N2O3/c1-2-7(12)5-11-4-6(9(10)14)3-8(11)13/h6-7,12H,2-5H2,1H3,(H2,10,14). The van der Waals surface area contributed by atoms with Gasteiger partial charge >= 0.3 is 0 Å². The maximum atomic E-state index is 11.3. The highest BCUT2D eigenvalue weighted by atomic mass is 16.3. The summed E-state index contributed by atoms with van der Waals surface area (Å²) in [5.41, 5.74) is 5.11. The molecule has 1 aliphatic heterocycles. The van der Waals surface area contributed by atoms with Crippen molar-refractivity contribution in [2.75, 3.05) is 13.1 Å². The van der Waals surface area contributed by atoms with E-state index in [1.807, 2.05) is 6.92 Å². The van der Waals surface area contributed by atoms with Crippen LogP contribution < -0.4 is 5.73 Å². The highest BCUT2D eigenvalue weighted by molar-refractivity contribution is 5.88. The molecule has 80 valence electrons. The predicted octanol–water partition coefficient (Wildman–Crippen LogP) is -0.909. The molecule has 0 bridgehead atoms. The van der Waals surface area contributed by atoms with Gasteiger partial charge in [0, 0.05) is 19.5 Å². The third-order valence-electron chi connectivity index (χ3n) is 2.52. The first-order valence-corrected chi connectivity index (χ1v) is 4.79. The monoisotopic (exact) mass is 200 g/mol. The molecule has 0 aromatic rings. The van der Waals surface area contributed by atoms with Gasteiger partial charge in [-0.3, -0.25) is 9.59 Å². The number of primary amides is 1. The summed E-state index contributed by atoms with van der Waals surface area (Å²) in [7, 11) is 0. The van der Waals surface area contributed by atoms with Crippen LogP contribution in [0.15, 0.2) is 0 Å². The van der Waals surface area contributed by atoms with E-state index in [1.54, 1.807) is 0 Å². The van der Waals surface area contributed by atoms with E-state index in [0.717, 1.165) is 0 Å². The van der Waals surface area contributed by atoms with Crippen molar-refractivity contribution in [2.24, 2.45) is 11.7 Å². The predicted molar refractivity (Wildman–Crippen MR) is 50.2 cm³/mol. The first kappa shape index (κ1) is 11.0. The first-order valence-electron chi connectivity index (χ1n) is 4.79. The summed E-state index contributed by atoms with van der Waals surface area (Å²) in [5, 5.41) is 9.35. The third kappa shape index (κ3) is 2.45. The fourth-order valence-corrected chi connectivity index (χ4v) is 1.52. The fourth-order valence-electron chi connectivity index (χ4n) is 1.52. The number of aliphatic hydroxyl groups excluding tert-OH is 1. The van der Waals surface area contributed by atoms with Crippen molar-refractivity contribution in [2.45, 2.75) is 25.9 Å². The molecule has 3 N–H and O–H groups in total. The minimum Gasteiger partial charge on any atom is -0.391 e. The molecule has 14 heavy (non-hydrogen) atoms. The Balaban J connectivity index is 2.48. The average molecular weight is 200 g/mol. The molecule has 0 aromatic heterocycles. The zero-order valence-corrected chi connectivity index (χ0v) is 8.27. The van der Waals surface area contributed by atoms with Gasteiger partial charge in [0.25, 0.3) is 0 Å². The topological polar surface area (TPSA) is 83.6 Å². The van der Waals surface area contributed by atoms with Crippen molar-refractivity contribution in [3.8, 4) is 0 Å². The van der Waals surface area contributed by atoms with E-state index in [-0.39, 0.29) is 18.2 Å². The van der Waals surface area contributed by atoms with Gasteiger partial charge in [-0.25, -0.2) is 0 Å². The first-order chi connectivity index (χ1) is 6.54. The van der Waals surface area contributed by atoms with Crippen LogP contribution in [0.2, 0.25) is 0 Å². The van der Waals surface area contributed by atoms with Gasteiger partial charge < -0.3 is 15.7 Å². The number of likely N-dealkylation sites (tertiary alicyclic amines) is 1. The molecule has 5 heteroatoms. The van der Waals surface area contributed by atoms with E-state index < -0.39 is 12.0 Å². The van der Waals surface area contributed by atoms with Crippen LogP contribution in [0.1, 0.15) is 19.8 Å². The van der Waals surface area contributed by atoms with Gasteiger partial charge in [-0.1, -0.05) is 6.92 Å². The van der Waals surface area contributed by atoms with Crippen LogP contribution in [-0.2, 0) is 9.59 Å². The van der Waals surface area contributed by atoms with Crippen molar-refractivity contribution in [3.63, 3.8) is 0 Å². The second kappa shape index (κ2) is 4.41. The second-order valence-electron chi connectivity index (χ2n) is 3.66. The van der Waals surface area contributed by atoms with Gasteiger partial charge in [0.2, 0.25) is 11.8 Å². The van der Waals surface area contributed by atoms with E-state index in [1.165, 1.54) is 4.90 Å². The minimum absolute atomic E-state index is 0.0960. The molecule has 2 unspecified atom stereocenters. The Hall–Kier alpha value is -1.10. The summed E-state index contributed by atoms with van der Waals surface area (Å²) in [4.78, 5) is 23.7. The lowest BCUT2D eigenvalue weighted by atomic mass is 10.1. The number of rotatable bonds is 4.